The van der Waals surface area contributed by atoms with Gasteiger partial charge >= 0.3 is 0 Å². The molecule has 0 saturated carbocycles. The van der Waals surface area contributed by atoms with Gasteiger partial charge in [0.25, 0.3) is 0 Å². The van der Waals surface area contributed by atoms with Crippen LogP contribution in [0.5, 0.6) is 0 Å². The highest BCUT2D eigenvalue weighted by atomic mass is 16.3. The third kappa shape index (κ3) is 1.55. The molecule has 3 heterocycles. The van der Waals surface area contributed by atoms with Gasteiger partial charge in [-0.2, -0.15) is 5.10 Å². The van der Waals surface area contributed by atoms with Gasteiger partial charge in [-0.15, -0.1) is 0 Å². The molecule has 16 heavy (non-hydrogen) atoms. The Morgan fingerprint density at radius 3 is 3.19 bits per heavy atom. The Morgan fingerprint density at radius 1 is 1.50 bits per heavy atom. The van der Waals surface area contributed by atoms with E-state index in [-0.39, 0.29) is 5.78 Å². The number of aromatic nitrogens is 2. The highest BCUT2D eigenvalue weighted by Gasteiger charge is 2.20. The van der Waals surface area contributed by atoms with Crippen molar-refractivity contribution in [3.63, 3.8) is 0 Å². The van der Waals surface area contributed by atoms with Crippen molar-refractivity contribution in [1.82, 2.24) is 15.1 Å². The van der Waals surface area contributed by atoms with E-state index in [1.54, 1.807) is 17.1 Å². The summed E-state index contributed by atoms with van der Waals surface area (Å²) in [5.74, 6) is 0.937. The van der Waals surface area contributed by atoms with Crippen LogP contribution in [0, 0.1) is 0 Å². The largest absolute Gasteiger partial charge is 0.467 e. The number of nitrogens with zero attached hydrogens (tertiary/aromatic N) is 2. The summed E-state index contributed by atoms with van der Waals surface area (Å²) in [5.41, 5.74) is 1.55. The Bertz CT molecular complexity index is 513. The fourth-order valence-corrected chi connectivity index (χ4v) is 1.86. The van der Waals surface area contributed by atoms with E-state index in [1.165, 1.54) is 0 Å². The third-order valence-electron chi connectivity index (χ3n) is 2.61. The van der Waals surface area contributed by atoms with Crippen molar-refractivity contribution < 1.29 is 9.21 Å². The summed E-state index contributed by atoms with van der Waals surface area (Å²) in [6.07, 6.45) is 3.42. The number of Topliss-reactive ketones (excluding diaryl/α,β-unsaturated/α-hetero) is 1. The first-order valence-electron chi connectivity index (χ1n) is 5.15. The molecule has 0 aromatic carbocycles. The number of furan rings is 1. The molecule has 1 N–H and O–H groups in total. The first kappa shape index (κ1) is 9.35. The molecule has 2 aromatic heterocycles. The first-order chi connectivity index (χ1) is 7.83. The molecule has 5 heteroatoms. The van der Waals surface area contributed by atoms with Crippen LogP contribution in [0.15, 0.2) is 29.0 Å². The zero-order valence-electron chi connectivity index (χ0n) is 8.64. The number of nitrogens with one attached hydrogen (secondary N) is 1. The van der Waals surface area contributed by atoms with Crippen LogP contribution in [0.3, 0.4) is 0 Å². The summed E-state index contributed by atoms with van der Waals surface area (Å²) in [6.45, 7) is 1.62. The van der Waals surface area contributed by atoms with Gasteiger partial charge in [0.15, 0.2) is 5.78 Å². The van der Waals surface area contributed by atoms with Crippen molar-refractivity contribution >= 4 is 5.78 Å². The lowest BCUT2D eigenvalue weighted by atomic mass is 10.1. The lowest BCUT2D eigenvalue weighted by Gasteiger charge is -2.08. The third-order valence-corrected chi connectivity index (χ3v) is 2.61. The van der Waals surface area contributed by atoms with Crippen LogP contribution in [0.4, 0.5) is 0 Å². The maximum Gasteiger partial charge on any atom is 0.180 e. The molecular formula is C11H11N3O2. The van der Waals surface area contributed by atoms with E-state index in [2.05, 4.69) is 10.4 Å². The summed E-state index contributed by atoms with van der Waals surface area (Å²) in [7, 11) is 0. The average Bonchev–Trinajstić information content (AvgIpc) is 2.88. The Kier molecular flexibility index (Phi) is 2.11. The van der Waals surface area contributed by atoms with E-state index in [1.807, 2.05) is 12.1 Å². The van der Waals surface area contributed by atoms with E-state index >= 15 is 0 Å². The number of carbonyl (C=O) groups is 1. The van der Waals surface area contributed by atoms with Gasteiger partial charge in [-0.25, -0.2) is 0 Å². The van der Waals surface area contributed by atoms with Gasteiger partial charge < -0.3 is 9.73 Å². The van der Waals surface area contributed by atoms with Gasteiger partial charge in [0.2, 0.25) is 0 Å². The van der Waals surface area contributed by atoms with Crippen LogP contribution in [0.25, 0.3) is 0 Å². The Morgan fingerprint density at radius 2 is 2.44 bits per heavy atom. The topological polar surface area (TPSA) is 60.1 Å². The van der Waals surface area contributed by atoms with Gasteiger partial charge in [0.1, 0.15) is 5.76 Å². The number of hydrogen-bond acceptors (Lipinski definition) is 4. The predicted octanol–water partition coefficient (Wildman–Crippen LogP) is 0.810. The van der Waals surface area contributed by atoms with Crippen molar-refractivity contribution in [2.45, 2.75) is 13.1 Å². The van der Waals surface area contributed by atoms with Crippen LogP contribution in [-0.2, 0) is 13.1 Å². The fourth-order valence-electron chi connectivity index (χ4n) is 1.86. The molecule has 3 rings (SSSR count). The predicted molar refractivity (Wildman–Crippen MR) is 56.1 cm³/mol. The molecule has 1 aliphatic rings. The summed E-state index contributed by atoms with van der Waals surface area (Å²) < 4.78 is 6.98. The van der Waals surface area contributed by atoms with E-state index in [0.717, 1.165) is 17.0 Å². The lowest BCUT2D eigenvalue weighted by molar-refractivity contribution is 0.0982. The van der Waals surface area contributed by atoms with Crippen LogP contribution in [0.1, 0.15) is 21.8 Å². The van der Waals surface area contributed by atoms with Gasteiger partial charge in [0, 0.05) is 12.7 Å². The second kappa shape index (κ2) is 3.61. The summed E-state index contributed by atoms with van der Waals surface area (Å²) >= 11 is 0. The number of hydrogen-bond donors (Lipinski definition) is 1. The zero-order chi connectivity index (χ0) is 11.0. The summed E-state index contributed by atoms with van der Waals surface area (Å²) in [4.78, 5) is 11.6. The molecule has 0 aliphatic carbocycles. The second-order valence-corrected chi connectivity index (χ2v) is 3.79. The molecule has 1 aliphatic heterocycles. The van der Waals surface area contributed by atoms with Gasteiger partial charge in [-0.1, -0.05) is 0 Å². The highest BCUT2D eigenvalue weighted by molar-refractivity contribution is 5.99. The minimum Gasteiger partial charge on any atom is -0.467 e. The smallest absolute Gasteiger partial charge is 0.180 e. The molecule has 0 unspecified atom stereocenters. The number of rotatable bonds is 2. The molecule has 0 fully saturated rings. The maximum absolute atomic E-state index is 11.6. The molecule has 0 amide bonds. The van der Waals surface area contributed by atoms with Crippen LogP contribution < -0.4 is 5.32 Å². The van der Waals surface area contributed by atoms with E-state index in [9.17, 15) is 4.79 Å². The molecule has 2 aromatic rings. The van der Waals surface area contributed by atoms with E-state index in [4.69, 9.17) is 4.42 Å². The van der Waals surface area contributed by atoms with Gasteiger partial charge in [-0.3, -0.25) is 9.48 Å². The summed E-state index contributed by atoms with van der Waals surface area (Å²) in [5, 5.41) is 7.36. The fraction of sp³-hybridized carbons (Fsp3) is 0.273. The van der Waals surface area contributed by atoms with Crippen molar-refractivity contribution in [3.8, 4) is 0 Å². The van der Waals surface area contributed by atoms with Crippen LogP contribution in [-0.4, -0.2) is 22.1 Å². The molecule has 5 nitrogen and oxygen atoms in total. The molecule has 0 atom stereocenters. The molecular weight excluding hydrogens is 206 g/mol. The zero-order valence-corrected chi connectivity index (χ0v) is 8.64. The van der Waals surface area contributed by atoms with Crippen LogP contribution >= 0.6 is 0 Å². The van der Waals surface area contributed by atoms with Gasteiger partial charge in [-0.05, 0) is 12.1 Å². The number of carbonyl (C=O) groups excluding carboxylic acids is 1. The first-order valence-corrected chi connectivity index (χ1v) is 5.15. The van der Waals surface area contributed by atoms with E-state index in [0.29, 0.717) is 19.6 Å². The van der Waals surface area contributed by atoms with Crippen molar-refractivity contribution in [2.75, 3.05) is 6.54 Å². The maximum atomic E-state index is 11.6. The van der Waals surface area contributed by atoms with Crippen molar-refractivity contribution in [3.05, 3.63) is 41.6 Å². The molecule has 0 radical (unpaired) electrons. The molecule has 0 spiro atoms. The normalized spacial score (nSPS) is 15.1. The number of fused-ring (bicyclic) bond motifs is 1. The molecule has 0 bridgehead atoms. The quantitative estimate of drug-likeness (QED) is 0.808. The minimum atomic E-state index is 0.104. The molecule has 82 valence electrons. The van der Waals surface area contributed by atoms with Crippen LogP contribution in [0.2, 0.25) is 0 Å². The Balaban J connectivity index is 1.89. The lowest BCUT2D eigenvalue weighted by Crippen LogP contribution is -2.29. The average molecular weight is 217 g/mol. The molecule has 0 saturated heterocycles. The highest BCUT2D eigenvalue weighted by Crippen LogP contribution is 2.13. The summed E-state index contributed by atoms with van der Waals surface area (Å²) in [6, 6.07) is 3.73. The van der Waals surface area contributed by atoms with Crippen molar-refractivity contribution in [1.29, 1.82) is 0 Å². The SMILES string of the molecule is O=C1CNCc2nn(Cc3ccco3)cc21. The van der Waals surface area contributed by atoms with E-state index < -0.39 is 0 Å². The number of ketones is 1. The van der Waals surface area contributed by atoms with Crippen molar-refractivity contribution in [2.24, 2.45) is 0 Å². The minimum absolute atomic E-state index is 0.104. The monoisotopic (exact) mass is 217 g/mol. The Hall–Kier alpha value is -1.88. The van der Waals surface area contributed by atoms with Gasteiger partial charge in [0.05, 0.1) is 30.6 Å². The second-order valence-electron chi connectivity index (χ2n) is 3.79. The Labute approximate surface area is 92.1 Å². The standard InChI is InChI=1S/C11H11N3O2/c15-11-5-12-4-10-9(11)7-14(13-10)6-8-2-1-3-16-8/h1-3,7,12H,4-6H2.